The first-order valence-corrected chi connectivity index (χ1v) is 27.5. The molecule has 0 N–H and O–H groups in total. The second kappa shape index (κ2) is 17.9. The fraction of sp³-hybridized carbons (Fsp3) is 0.0263. The van der Waals surface area contributed by atoms with E-state index in [4.69, 9.17) is 0 Å². The minimum Gasteiger partial charge on any atom is -0.310 e. The van der Waals surface area contributed by atoms with E-state index in [1.54, 1.807) is 0 Å². The average Bonchev–Trinajstić information content (AvgIpc) is 4.20. The molecule has 0 radical (unpaired) electrons. The summed E-state index contributed by atoms with van der Waals surface area (Å²) in [5.74, 6) is 0. The summed E-state index contributed by atoms with van der Waals surface area (Å²) in [5, 5.41) is 2.44. The lowest BCUT2D eigenvalue weighted by Crippen LogP contribution is -2.26. The van der Waals surface area contributed by atoms with Gasteiger partial charge in [-0.15, -0.1) is 0 Å². The van der Waals surface area contributed by atoms with Crippen molar-refractivity contribution >= 4 is 67.6 Å². The number of fused-ring (bicyclic) bond motifs is 16. The van der Waals surface area contributed by atoms with Crippen LogP contribution in [0.1, 0.15) is 38.9 Å². The quantitative estimate of drug-likeness (QED) is 0.150. The topological polar surface area (TPSA) is 11.4 Å². The molecular formula is C76H51N3. The lowest BCUT2D eigenvalue weighted by Gasteiger charge is -2.33. The van der Waals surface area contributed by atoms with Gasteiger partial charge in [0.2, 0.25) is 0 Å². The Labute approximate surface area is 460 Å². The molecule has 0 aliphatic heterocycles. The normalized spacial score (nSPS) is 13.2. The molecule has 16 rings (SSSR count). The predicted octanol–water partition coefficient (Wildman–Crippen LogP) is 19.8. The number of aromatic nitrogens is 1. The van der Waals surface area contributed by atoms with Crippen LogP contribution in [0.2, 0.25) is 0 Å². The van der Waals surface area contributed by atoms with Gasteiger partial charge in [-0.1, -0.05) is 200 Å². The van der Waals surface area contributed by atoms with Gasteiger partial charge in [-0.2, -0.15) is 0 Å². The molecule has 3 nitrogen and oxygen atoms in total. The first kappa shape index (κ1) is 45.0. The van der Waals surface area contributed by atoms with E-state index in [2.05, 4.69) is 312 Å². The molecular weight excluding hydrogens is 955 g/mol. The van der Waals surface area contributed by atoms with E-state index in [9.17, 15) is 0 Å². The SMILES string of the molecule is C1=C(c2ccccc2)Cc2cc(N(c3ccccc3)c3ccc4c(c3)C3(c5ccccc5-c5ccccc53)c3cc(N(c5ccccc5)c5ccc6c(c5)c5ccccc5n6-c5ccccc5)ccc3-4)ccc2-c2ccccc21. The summed E-state index contributed by atoms with van der Waals surface area (Å²) in [6.45, 7) is 0. The second-order valence-electron chi connectivity index (χ2n) is 21.2. The van der Waals surface area contributed by atoms with Gasteiger partial charge < -0.3 is 14.4 Å². The van der Waals surface area contributed by atoms with Crippen molar-refractivity contribution < 1.29 is 0 Å². The number of allylic oxidation sites excluding steroid dienone is 1. The summed E-state index contributed by atoms with van der Waals surface area (Å²) in [7, 11) is 0. The first-order valence-electron chi connectivity index (χ1n) is 27.5. The summed E-state index contributed by atoms with van der Waals surface area (Å²) in [4.78, 5) is 4.93. The Kier molecular flexibility index (Phi) is 10.2. The third kappa shape index (κ3) is 6.93. The van der Waals surface area contributed by atoms with E-state index in [0.29, 0.717) is 0 Å². The highest BCUT2D eigenvalue weighted by atomic mass is 15.1. The van der Waals surface area contributed by atoms with Gasteiger partial charge in [-0.3, -0.25) is 0 Å². The van der Waals surface area contributed by atoms with Crippen molar-refractivity contribution in [3.05, 3.63) is 330 Å². The Morgan fingerprint density at radius 2 is 0.759 bits per heavy atom. The van der Waals surface area contributed by atoms with E-state index >= 15 is 0 Å². The van der Waals surface area contributed by atoms with Crippen LogP contribution in [0.4, 0.5) is 34.1 Å². The summed E-state index contributed by atoms with van der Waals surface area (Å²) >= 11 is 0. The molecule has 0 fully saturated rings. The van der Waals surface area contributed by atoms with Gasteiger partial charge in [0.05, 0.1) is 16.4 Å². The number of rotatable bonds is 8. The van der Waals surface area contributed by atoms with Crippen LogP contribution in [0.5, 0.6) is 0 Å². The highest BCUT2D eigenvalue weighted by molar-refractivity contribution is 6.11. The lowest BCUT2D eigenvalue weighted by molar-refractivity contribution is 0.793. The number of hydrogen-bond acceptors (Lipinski definition) is 2. The molecule has 0 bridgehead atoms. The van der Waals surface area contributed by atoms with Crippen molar-refractivity contribution in [2.75, 3.05) is 9.80 Å². The number of para-hydroxylation sites is 4. The molecule has 3 heteroatoms. The largest absolute Gasteiger partial charge is 0.310 e. The Hall–Kier alpha value is -10.2. The molecule has 13 aromatic rings. The number of hydrogen-bond donors (Lipinski definition) is 0. The van der Waals surface area contributed by atoms with E-state index in [1.807, 2.05) is 0 Å². The van der Waals surface area contributed by atoms with Gasteiger partial charge in [0, 0.05) is 50.6 Å². The molecule has 1 spiro atoms. The Morgan fingerprint density at radius 1 is 0.304 bits per heavy atom. The third-order valence-electron chi connectivity index (χ3n) is 17.0. The number of benzene rings is 12. The number of nitrogens with zero attached hydrogens (tertiary/aromatic N) is 3. The molecule has 0 saturated carbocycles. The maximum atomic E-state index is 2.52. The maximum Gasteiger partial charge on any atom is 0.0727 e. The van der Waals surface area contributed by atoms with E-state index in [0.717, 1.165) is 46.2 Å². The lowest BCUT2D eigenvalue weighted by atomic mass is 9.70. The van der Waals surface area contributed by atoms with Crippen LogP contribution in [-0.2, 0) is 11.8 Å². The maximum absolute atomic E-state index is 2.52. The van der Waals surface area contributed by atoms with E-state index < -0.39 is 5.41 Å². The van der Waals surface area contributed by atoms with Crippen LogP contribution >= 0.6 is 0 Å². The van der Waals surface area contributed by atoms with Crippen molar-refractivity contribution in [1.29, 1.82) is 0 Å². The second-order valence-corrected chi connectivity index (χ2v) is 21.2. The average molecular weight is 1010 g/mol. The van der Waals surface area contributed by atoms with Gasteiger partial charge in [-0.25, -0.2) is 0 Å². The van der Waals surface area contributed by atoms with Gasteiger partial charge in [0.25, 0.3) is 0 Å². The van der Waals surface area contributed by atoms with Crippen molar-refractivity contribution in [3.63, 3.8) is 0 Å². The van der Waals surface area contributed by atoms with E-state index in [1.165, 1.54) is 99.7 Å². The molecule has 3 aliphatic rings. The molecule has 0 saturated heterocycles. The van der Waals surface area contributed by atoms with Crippen molar-refractivity contribution in [3.8, 4) is 39.1 Å². The Bertz CT molecular complexity index is 4530. The summed E-state index contributed by atoms with van der Waals surface area (Å²) in [5.41, 5.74) is 27.4. The molecule has 1 aromatic heterocycles. The summed E-state index contributed by atoms with van der Waals surface area (Å²) < 4.78 is 2.39. The van der Waals surface area contributed by atoms with Gasteiger partial charge in [0.1, 0.15) is 0 Å². The molecule has 3 aliphatic carbocycles. The minimum absolute atomic E-state index is 0.617. The zero-order valence-electron chi connectivity index (χ0n) is 43.3. The molecule has 1 heterocycles. The monoisotopic (exact) mass is 1010 g/mol. The smallest absolute Gasteiger partial charge is 0.0727 e. The van der Waals surface area contributed by atoms with E-state index in [-0.39, 0.29) is 0 Å². The standard InChI is InChI=1S/C76H51N3/c1-5-21-51(22-6-1)53-45-52-23-13-14-30-62(52)63-41-37-58(47-54(63)46-53)77(55-24-7-2-8-25-55)60-38-42-66-67-43-39-61(50-73(67)76(72(66)49-60)70-34-18-15-31-64(70)65-32-16-19-35-71(65)76)78(56-26-9-3-10-27-56)59-40-44-75-69(48-59)68-33-17-20-36-74(68)79(75)57-28-11-4-12-29-57/h1-45,47-50H,46H2. The molecule has 0 atom stereocenters. The zero-order valence-corrected chi connectivity index (χ0v) is 43.3. The fourth-order valence-corrected chi connectivity index (χ4v) is 13.7. The van der Waals surface area contributed by atoms with Crippen molar-refractivity contribution in [2.24, 2.45) is 0 Å². The molecule has 0 amide bonds. The van der Waals surface area contributed by atoms with Crippen LogP contribution in [0.3, 0.4) is 0 Å². The van der Waals surface area contributed by atoms with Gasteiger partial charge in [-0.05, 0) is 181 Å². The van der Waals surface area contributed by atoms with Gasteiger partial charge >= 0.3 is 0 Å². The van der Waals surface area contributed by atoms with Crippen LogP contribution in [0.25, 0.3) is 72.5 Å². The van der Waals surface area contributed by atoms with Crippen molar-refractivity contribution in [2.45, 2.75) is 11.8 Å². The Balaban J connectivity index is 0.896. The van der Waals surface area contributed by atoms with Gasteiger partial charge in [0.15, 0.2) is 0 Å². The molecule has 12 aromatic carbocycles. The van der Waals surface area contributed by atoms with Crippen LogP contribution in [-0.4, -0.2) is 4.57 Å². The molecule has 0 unspecified atom stereocenters. The Morgan fingerprint density at radius 3 is 1.39 bits per heavy atom. The predicted molar refractivity (Wildman–Crippen MR) is 330 cm³/mol. The first-order chi connectivity index (χ1) is 39.2. The highest BCUT2D eigenvalue weighted by Gasteiger charge is 2.52. The van der Waals surface area contributed by atoms with Crippen molar-refractivity contribution in [1.82, 2.24) is 4.57 Å². The summed E-state index contributed by atoms with van der Waals surface area (Å²) in [6.07, 6.45) is 3.21. The number of anilines is 6. The zero-order chi connectivity index (χ0) is 52.0. The highest BCUT2D eigenvalue weighted by Crippen LogP contribution is 2.64. The fourth-order valence-electron chi connectivity index (χ4n) is 13.7. The molecule has 370 valence electrons. The third-order valence-corrected chi connectivity index (χ3v) is 17.0. The van der Waals surface area contributed by atoms with Crippen LogP contribution < -0.4 is 9.80 Å². The van der Waals surface area contributed by atoms with Crippen LogP contribution in [0, 0.1) is 0 Å². The molecule has 79 heavy (non-hydrogen) atoms. The minimum atomic E-state index is -0.617. The summed E-state index contributed by atoms with van der Waals surface area (Å²) in [6, 6.07) is 108. The van der Waals surface area contributed by atoms with Crippen LogP contribution in [0.15, 0.2) is 291 Å².